The van der Waals surface area contributed by atoms with Crippen LogP contribution in [0.1, 0.15) is 48.0 Å². The first-order chi connectivity index (χ1) is 13.4. The Morgan fingerprint density at radius 2 is 1.75 bits per heavy atom. The molecule has 1 saturated carbocycles. The fourth-order valence-electron chi connectivity index (χ4n) is 3.87. The number of benzene rings is 2. The van der Waals surface area contributed by atoms with E-state index in [4.69, 9.17) is 0 Å². The van der Waals surface area contributed by atoms with Gasteiger partial charge in [0, 0.05) is 25.7 Å². The first-order valence-electron chi connectivity index (χ1n) is 9.83. The van der Waals surface area contributed by atoms with Crippen molar-refractivity contribution in [2.24, 2.45) is 5.92 Å². The highest BCUT2D eigenvalue weighted by molar-refractivity contribution is 5.96. The number of nitrogens with one attached hydrogen (secondary N) is 1. The number of nitrogens with zero attached hydrogens (tertiary/aromatic N) is 1. The van der Waals surface area contributed by atoms with Crippen LogP contribution in [0, 0.1) is 12.8 Å². The van der Waals surface area contributed by atoms with Gasteiger partial charge in [-0.1, -0.05) is 31.4 Å². The van der Waals surface area contributed by atoms with E-state index >= 15 is 0 Å². The quantitative estimate of drug-likeness (QED) is 0.770. The van der Waals surface area contributed by atoms with Crippen molar-refractivity contribution in [2.75, 3.05) is 24.3 Å². The second kappa shape index (κ2) is 8.46. The van der Waals surface area contributed by atoms with Gasteiger partial charge < -0.3 is 15.3 Å². The number of aryl methyl sites for hydroxylation is 1. The summed E-state index contributed by atoms with van der Waals surface area (Å²) in [6.07, 6.45) is 5.40. The molecular formula is C23H28N2O3. The van der Waals surface area contributed by atoms with Crippen molar-refractivity contribution in [3.63, 3.8) is 0 Å². The molecule has 1 aliphatic carbocycles. The van der Waals surface area contributed by atoms with E-state index < -0.39 is 5.97 Å². The summed E-state index contributed by atoms with van der Waals surface area (Å²) in [5, 5.41) is 12.5. The van der Waals surface area contributed by atoms with Crippen molar-refractivity contribution in [3.05, 3.63) is 47.5 Å². The summed E-state index contributed by atoms with van der Waals surface area (Å²) < 4.78 is 0. The maximum atomic E-state index is 12.6. The molecule has 148 valence electrons. The Balaban J connectivity index is 1.90. The van der Waals surface area contributed by atoms with Gasteiger partial charge in [0.05, 0.1) is 11.3 Å². The third-order valence-corrected chi connectivity index (χ3v) is 5.50. The standard InChI is InChI=1S/C23H28N2O3/c1-15-9-11-18(24-22(26)16-7-5-4-6-8-16)14-20(15)17-10-12-19(23(27)28)21(13-17)25(2)3/h9-14,16H,4-8H2,1-3H3,(H,24,26)(H,27,28). The number of hydrogen-bond acceptors (Lipinski definition) is 3. The lowest BCUT2D eigenvalue weighted by Crippen LogP contribution is -2.24. The molecule has 0 atom stereocenters. The summed E-state index contributed by atoms with van der Waals surface area (Å²) in [6, 6.07) is 11.2. The monoisotopic (exact) mass is 380 g/mol. The molecule has 2 aromatic carbocycles. The minimum atomic E-state index is -0.944. The molecule has 2 aromatic rings. The Labute approximate surface area is 166 Å². The highest BCUT2D eigenvalue weighted by Crippen LogP contribution is 2.32. The fraction of sp³-hybridized carbons (Fsp3) is 0.391. The highest BCUT2D eigenvalue weighted by Gasteiger charge is 2.21. The van der Waals surface area contributed by atoms with Gasteiger partial charge in [-0.25, -0.2) is 4.79 Å². The molecule has 0 saturated heterocycles. The van der Waals surface area contributed by atoms with Crippen LogP contribution in [0.4, 0.5) is 11.4 Å². The Morgan fingerprint density at radius 1 is 1.04 bits per heavy atom. The van der Waals surface area contributed by atoms with Crippen molar-refractivity contribution in [1.82, 2.24) is 0 Å². The zero-order valence-electron chi connectivity index (χ0n) is 16.8. The summed E-state index contributed by atoms with van der Waals surface area (Å²) in [5.41, 5.74) is 4.70. The van der Waals surface area contributed by atoms with Crippen molar-refractivity contribution < 1.29 is 14.7 Å². The maximum absolute atomic E-state index is 12.6. The van der Waals surface area contributed by atoms with Gasteiger partial charge in [-0.2, -0.15) is 0 Å². The van der Waals surface area contributed by atoms with E-state index in [9.17, 15) is 14.7 Å². The molecule has 0 radical (unpaired) electrons. The highest BCUT2D eigenvalue weighted by atomic mass is 16.4. The second-order valence-electron chi connectivity index (χ2n) is 7.79. The van der Waals surface area contributed by atoms with E-state index in [0.29, 0.717) is 5.69 Å². The summed E-state index contributed by atoms with van der Waals surface area (Å²) in [5.74, 6) is -0.737. The lowest BCUT2D eigenvalue weighted by atomic mass is 9.88. The molecular weight excluding hydrogens is 352 g/mol. The normalized spacial score (nSPS) is 14.5. The number of aromatic carboxylic acids is 1. The molecule has 0 aliphatic heterocycles. The molecule has 2 N–H and O–H groups in total. The van der Waals surface area contributed by atoms with E-state index in [1.807, 2.05) is 51.4 Å². The van der Waals surface area contributed by atoms with Crippen LogP contribution in [-0.2, 0) is 4.79 Å². The SMILES string of the molecule is Cc1ccc(NC(=O)C2CCCCC2)cc1-c1ccc(C(=O)O)c(N(C)C)c1. The summed E-state index contributed by atoms with van der Waals surface area (Å²) in [7, 11) is 3.67. The van der Waals surface area contributed by atoms with Crippen LogP contribution >= 0.6 is 0 Å². The number of carboxylic acids is 1. The molecule has 5 nitrogen and oxygen atoms in total. The lowest BCUT2D eigenvalue weighted by Gasteiger charge is -2.21. The number of anilines is 2. The molecule has 5 heteroatoms. The molecule has 1 fully saturated rings. The predicted molar refractivity (Wildman–Crippen MR) is 113 cm³/mol. The minimum absolute atomic E-state index is 0.102. The summed E-state index contributed by atoms with van der Waals surface area (Å²) >= 11 is 0. The molecule has 0 unspecified atom stereocenters. The second-order valence-corrected chi connectivity index (χ2v) is 7.79. The molecule has 28 heavy (non-hydrogen) atoms. The van der Waals surface area contributed by atoms with Gasteiger partial charge in [0.2, 0.25) is 5.91 Å². The zero-order chi connectivity index (χ0) is 20.3. The van der Waals surface area contributed by atoms with Crippen LogP contribution in [0.2, 0.25) is 0 Å². The van der Waals surface area contributed by atoms with Crippen molar-refractivity contribution in [3.8, 4) is 11.1 Å². The van der Waals surface area contributed by atoms with E-state index in [1.165, 1.54) is 6.42 Å². The molecule has 3 rings (SSSR count). The average Bonchev–Trinajstić information content (AvgIpc) is 2.69. The van der Waals surface area contributed by atoms with Gasteiger partial charge in [-0.05, 0) is 60.7 Å². The first-order valence-corrected chi connectivity index (χ1v) is 9.83. The molecule has 1 amide bonds. The van der Waals surface area contributed by atoms with E-state index in [2.05, 4.69) is 5.32 Å². The summed E-state index contributed by atoms with van der Waals surface area (Å²) in [6.45, 7) is 2.02. The summed E-state index contributed by atoms with van der Waals surface area (Å²) in [4.78, 5) is 25.9. The fourth-order valence-corrected chi connectivity index (χ4v) is 3.87. The Bertz CT molecular complexity index is 883. The van der Waals surface area contributed by atoms with Crippen LogP contribution in [0.15, 0.2) is 36.4 Å². The van der Waals surface area contributed by atoms with Gasteiger partial charge in [-0.15, -0.1) is 0 Å². The smallest absolute Gasteiger partial charge is 0.337 e. The number of carbonyl (C=O) groups excluding carboxylic acids is 1. The largest absolute Gasteiger partial charge is 0.478 e. The molecule has 0 heterocycles. The topological polar surface area (TPSA) is 69.6 Å². The number of amides is 1. The Hall–Kier alpha value is -2.82. The van der Waals surface area contributed by atoms with E-state index in [-0.39, 0.29) is 17.4 Å². The van der Waals surface area contributed by atoms with Crippen LogP contribution in [0.25, 0.3) is 11.1 Å². The van der Waals surface area contributed by atoms with E-state index in [0.717, 1.165) is 48.1 Å². The molecule has 0 aromatic heterocycles. The van der Waals surface area contributed by atoms with Crippen molar-refractivity contribution >= 4 is 23.3 Å². The van der Waals surface area contributed by atoms with Crippen molar-refractivity contribution in [2.45, 2.75) is 39.0 Å². The van der Waals surface area contributed by atoms with Gasteiger partial charge in [0.15, 0.2) is 0 Å². The van der Waals surface area contributed by atoms with Crippen LogP contribution in [0.3, 0.4) is 0 Å². The Kier molecular flexibility index (Phi) is 6.02. The maximum Gasteiger partial charge on any atom is 0.337 e. The molecule has 0 bridgehead atoms. The number of rotatable bonds is 5. The third kappa shape index (κ3) is 4.35. The van der Waals surface area contributed by atoms with Gasteiger partial charge in [0.1, 0.15) is 0 Å². The van der Waals surface area contributed by atoms with Gasteiger partial charge >= 0.3 is 5.97 Å². The predicted octanol–water partition coefficient (Wildman–Crippen LogP) is 4.95. The lowest BCUT2D eigenvalue weighted by molar-refractivity contribution is -0.120. The minimum Gasteiger partial charge on any atom is -0.478 e. The number of carbonyl (C=O) groups is 2. The zero-order valence-corrected chi connectivity index (χ0v) is 16.8. The molecule has 1 aliphatic rings. The number of carboxylic acid groups (broad SMARTS) is 1. The van der Waals surface area contributed by atoms with Gasteiger partial charge in [0.25, 0.3) is 0 Å². The number of hydrogen-bond donors (Lipinski definition) is 2. The third-order valence-electron chi connectivity index (χ3n) is 5.50. The Morgan fingerprint density at radius 3 is 2.39 bits per heavy atom. The van der Waals surface area contributed by atoms with E-state index in [1.54, 1.807) is 11.0 Å². The average molecular weight is 380 g/mol. The van der Waals surface area contributed by atoms with Crippen LogP contribution in [0.5, 0.6) is 0 Å². The van der Waals surface area contributed by atoms with Gasteiger partial charge in [-0.3, -0.25) is 4.79 Å². The van der Waals surface area contributed by atoms with Crippen LogP contribution in [-0.4, -0.2) is 31.1 Å². The molecule has 0 spiro atoms. The van der Waals surface area contributed by atoms with Crippen LogP contribution < -0.4 is 10.2 Å². The first kappa shape index (κ1) is 19.9. The van der Waals surface area contributed by atoms with Crippen molar-refractivity contribution in [1.29, 1.82) is 0 Å².